The van der Waals surface area contributed by atoms with Crippen LogP contribution in [0.3, 0.4) is 0 Å². The number of anilines is 1. The Morgan fingerprint density at radius 2 is 1.93 bits per heavy atom. The number of methoxy groups -OCH3 is 1. The van der Waals surface area contributed by atoms with Crippen LogP contribution in [0.2, 0.25) is 0 Å². The highest BCUT2D eigenvalue weighted by Crippen LogP contribution is 2.25. The number of piperidine rings is 1. The summed E-state index contributed by atoms with van der Waals surface area (Å²) in [5.41, 5.74) is 0.523. The molecule has 0 spiro atoms. The van der Waals surface area contributed by atoms with Crippen molar-refractivity contribution in [3.05, 3.63) is 16.3 Å². The molecule has 0 bridgehead atoms. The van der Waals surface area contributed by atoms with Crippen LogP contribution in [0.4, 0.5) is 10.5 Å². The van der Waals surface area contributed by atoms with Crippen LogP contribution in [-0.4, -0.2) is 73.8 Å². The number of amides is 2. The van der Waals surface area contributed by atoms with Crippen LogP contribution in [0.1, 0.15) is 36.4 Å². The van der Waals surface area contributed by atoms with E-state index in [0.29, 0.717) is 16.5 Å². The Hall–Kier alpha value is -1.64. The predicted octanol–water partition coefficient (Wildman–Crippen LogP) is 2.89. The van der Waals surface area contributed by atoms with Gasteiger partial charge in [-0.05, 0) is 44.1 Å². The summed E-state index contributed by atoms with van der Waals surface area (Å²) in [7, 11) is 1.34. The van der Waals surface area contributed by atoms with Crippen molar-refractivity contribution in [2.45, 2.75) is 38.9 Å². The molecule has 7 nitrogen and oxygen atoms in total. The van der Waals surface area contributed by atoms with Gasteiger partial charge in [-0.2, -0.15) is 0 Å². The van der Waals surface area contributed by atoms with E-state index in [-0.39, 0.29) is 18.2 Å². The molecule has 3 heterocycles. The van der Waals surface area contributed by atoms with Gasteiger partial charge >= 0.3 is 12.0 Å². The van der Waals surface area contributed by atoms with E-state index in [0.717, 1.165) is 45.6 Å². The third kappa shape index (κ3) is 5.21. The minimum absolute atomic E-state index is 0.148. The van der Waals surface area contributed by atoms with Crippen molar-refractivity contribution in [3.63, 3.8) is 0 Å². The number of likely N-dealkylation sites (tertiary alicyclic amines) is 1. The minimum Gasteiger partial charge on any atom is -0.465 e. The number of nitrogens with one attached hydrogen (secondary N) is 1. The Morgan fingerprint density at radius 3 is 2.56 bits per heavy atom. The highest BCUT2D eigenvalue weighted by Gasteiger charge is 2.28. The van der Waals surface area contributed by atoms with E-state index < -0.39 is 5.97 Å². The van der Waals surface area contributed by atoms with Crippen molar-refractivity contribution in [2.75, 3.05) is 45.2 Å². The van der Waals surface area contributed by atoms with Gasteiger partial charge in [0.05, 0.1) is 25.0 Å². The predicted molar refractivity (Wildman–Crippen MR) is 105 cm³/mol. The van der Waals surface area contributed by atoms with Gasteiger partial charge in [0.2, 0.25) is 0 Å². The van der Waals surface area contributed by atoms with Crippen LogP contribution in [0.5, 0.6) is 0 Å². The molecule has 0 aliphatic carbocycles. The first-order valence-corrected chi connectivity index (χ1v) is 10.4. The van der Waals surface area contributed by atoms with E-state index in [2.05, 4.69) is 24.1 Å². The summed E-state index contributed by atoms with van der Waals surface area (Å²) >= 11 is 1.27. The number of morpholine rings is 1. The highest BCUT2D eigenvalue weighted by molar-refractivity contribution is 7.12. The van der Waals surface area contributed by atoms with Crippen LogP contribution in [0.25, 0.3) is 0 Å². The molecule has 0 aromatic carbocycles. The van der Waals surface area contributed by atoms with E-state index in [1.807, 2.05) is 4.90 Å². The molecule has 0 unspecified atom stereocenters. The summed E-state index contributed by atoms with van der Waals surface area (Å²) in [6, 6.07) is 1.59. The highest BCUT2D eigenvalue weighted by atomic mass is 32.1. The molecular formula is C19H29N3O4S. The number of hydrogen-bond acceptors (Lipinski definition) is 6. The van der Waals surface area contributed by atoms with E-state index in [1.54, 1.807) is 11.4 Å². The van der Waals surface area contributed by atoms with Gasteiger partial charge in [0.1, 0.15) is 4.88 Å². The van der Waals surface area contributed by atoms with E-state index in [1.165, 1.54) is 18.4 Å². The molecule has 1 aromatic heterocycles. The smallest absolute Gasteiger partial charge is 0.350 e. The van der Waals surface area contributed by atoms with E-state index in [9.17, 15) is 9.59 Å². The van der Waals surface area contributed by atoms with Gasteiger partial charge in [-0.3, -0.25) is 4.90 Å². The standard InChI is InChI=1S/C19H29N3O4S/c1-13-10-21(11-14(2)26-13)12-15-4-7-22(8-5-15)19(24)20-16-6-9-27-17(16)18(23)25-3/h6,9,13-15H,4-5,7-8,10-12H2,1-3H3,(H,20,24)/t13-,14-/m0/s1. The molecule has 2 amide bonds. The topological polar surface area (TPSA) is 71.1 Å². The Balaban J connectivity index is 1.47. The molecular weight excluding hydrogens is 366 g/mol. The summed E-state index contributed by atoms with van der Waals surface area (Å²) < 4.78 is 10.6. The van der Waals surface area contributed by atoms with Gasteiger partial charge in [0.15, 0.2) is 0 Å². The lowest BCUT2D eigenvalue weighted by Crippen LogP contribution is -2.49. The summed E-state index contributed by atoms with van der Waals surface area (Å²) in [6.07, 6.45) is 2.57. The molecule has 2 aliphatic rings. The molecule has 2 aliphatic heterocycles. The van der Waals surface area contributed by atoms with Gasteiger partial charge < -0.3 is 19.7 Å². The number of ether oxygens (including phenoxy) is 2. The maximum atomic E-state index is 12.6. The summed E-state index contributed by atoms with van der Waals surface area (Å²) in [4.78, 5) is 29.0. The molecule has 2 atom stereocenters. The maximum absolute atomic E-state index is 12.6. The Morgan fingerprint density at radius 1 is 1.26 bits per heavy atom. The van der Waals surface area contributed by atoms with Gasteiger partial charge in [-0.1, -0.05) is 0 Å². The first kappa shape index (κ1) is 20.1. The van der Waals surface area contributed by atoms with Crippen molar-refractivity contribution in [1.82, 2.24) is 9.80 Å². The second-order valence-corrected chi connectivity index (χ2v) is 8.41. The van der Waals surface area contributed by atoms with Gasteiger partial charge in [0, 0.05) is 32.7 Å². The lowest BCUT2D eigenvalue weighted by atomic mass is 9.96. The third-order valence-corrected chi connectivity index (χ3v) is 6.09. The Kier molecular flexibility index (Phi) is 6.73. The van der Waals surface area contributed by atoms with Gasteiger partial charge in [-0.15, -0.1) is 11.3 Å². The second kappa shape index (κ2) is 9.03. The quantitative estimate of drug-likeness (QED) is 0.794. The molecule has 27 heavy (non-hydrogen) atoms. The zero-order valence-electron chi connectivity index (χ0n) is 16.3. The molecule has 1 aromatic rings. The molecule has 2 saturated heterocycles. The molecule has 0 radical (unpaired) electrons. The Bertz CT molecular complexity index is 647. The molecule has 8 heteroatoms. The average Bonchev–Trinajstić information content (AvgIpc) is 3.09. The first-order chi connectivity index (χ1) is 13.0. The number of carbonyl (C=O) groups is 2. The number of rotatable bonds is 4. The van der Waals surface area contributed by atoms with Crippen molar-refractivity contribution in [3.8, 4) is 0 Å². The molecule has 0 saturated carbocycles. The summed E-state index contributed by atoms with van der Waals surface area (Å²) in [6.45, 7) is 8.78. The molecule has 1 N–H and O–H groups in total. The minimum atomic E-state index is -0.423. The monoisotopic (exact) mass is 395 g/mol. The molecule has 150 valence electrons. The second-order valence-electron chi connectivity index (χ2n) is 7.49. The molecule has 2 fully saturated rings. The fourth-order valence-corrected chi connectivity index (χ4v) is 4.74. The number of esters is 1. The van der Waals surface area contributed by atoms with Crippen LogP contribution < -0.4 is 5.32 Å². The number of thiophene rings is 1. The van der Waals surface area contributed by atoms with Crippen LogP contribution in [0, 0.1) is 5.92 Å². The number of hydrogen-bond donors (Lipinski definition) is 1. The fraction of sp³-hybridized carbons (Fsp3) is 0.684. The SMILES string of the molecule is COC(=O)c1sccc1NC(=O)N1CCC(CN2C[C@H](C)O[C@@H](C)C2)CC1. The zero-order valence-corrected chi connectivity index (χ0v) is 17.1. The lowest BCUT2D eigenvalue weighted by Gasteiger charge is -2.39. The van der Waals surface area contributed by atoms with Crippen molar-refractivity contribution in [2.24, 2.45) is 5.92 Å². The van der Waals surface area contributed by atoms with Crippen molar-refractivity contribution in [1.29, 1.82) is 0 Å². The summed E-state index contributed by atoms with van der Waals surface area (Å²) in [5.74, 6) is 0.186. The van der Waals surface area contributed by atoms with Gasteiger partial charge in [0.25, 0.3) is 0 Å². The number of carbonyl (C=O) groups excluding carboxylic acids is 2. The van der Waals surface area contributed by atoms with Crippen molar-refractivity contribution >= 4 is 29.0 Å². The first-order valence-electron chi connectivity index (χ1n) is 9.55. The van der Waals surface area contributed by atoms with E-state index >= 15 is 0 Å². The van der Waals surface area contributed by atoms with Gasteiger partial charge in [-0.25, -0.2) is 9.59 Å². The molecule has 3 rings (SSSR count). The van der Waals surface area contributed by atoms with Crippen LogP contribution in [0.15, 0.2) is 11.4 Å². The Labute approximate surface area is 164 Å². The normalized spacial score (nSPS) is 24.6. The average molecular weight is 396 g/mol. The summed E-state index contributed by atoms with van der Waals surface area (Å²) in [5, 5.41) is 4.63. The maximum Gasteiger partial charge on any atom is 0.350 e. The van der Waals surface area contributed by atoms with Crippen LogP contribution >= 0.6 is 11.3 Å². The zero-order chi connectivity index (χ0) is 19.4. The number of nitrogens with zero attached hydrogens (tertiary/aromatic N) is 2. The fourth-order valence-electron chi connectivity index (χ4n) is 3.97. The largest absolute Gasteiger partial charge is 0.465 e. The van der Waals surface area contributed by atoms with Crippen LogP contribution in [-0.2, 0) is 9.47 Å². The third-order valence-electron chi connectivity index (χ3n) is 5.19. The number of urea groups is 1. The van der Waals surface area contributed by atoms with Crippen molar-refractivity contribution < 1.29 is 19.1 Å². The lowest BCUT2D eigenvalue weighted by molar-refractivity contribution is -0.0728. The van der Waals surface area contributed by atoms with E-state index in [4.69, 9.17) is 9.47 Å².